The number of carbonyl (C=O) groups excluding carboxylic acids is 1. The van der Waals surface area contributed by atoms with E-state index in [1.807, 2.05) is 0 Å². The van der Waals surface area contributed by atoms with E-state index in [1.54, 1.807) is 13.8 Å². The SMILES string of the molecule is C#CC(C)(C)c1cc(NC(=O)C(C)(C)S(=O)(=O)CC2CCOCC2)on1. The molecule has 8 heteroatoms. The summed E-state index contributed by atoms with van der Waals surface area (Å²) in [5.74, 6) is 1.96. The number of aromatic nitrogens is 1. The van der Waals surface area contributed by atoms with Gasteiger partial charge in [0.25, 0.3) is 0 Å². The standard InChI is InChI=1S/C18H26N2O5S/c1-6-17(2,3)14-11-15(25-20-14)19-16(21)18(4,5)26(22,23)12-13-7-9-24-10-8-13/h1,11,13H,7-10,12H2,2-5H3,(H,19,21). The fraction of sp³-hybridized carbons (Fsp3) is 0.667. The zero-order chi connectivity index (χ0) is 19.6. The number of anilines is 1. The third-order valence-electron chi connectivity index (χ3n) is 4.87. The second kappa shape index (κ2) is 7.41. The zero-order valence-corrected chi connectivity index (χ0v) is 16.5. The summed E-state index contributed by atoms with van der Waals surface area (Å²) in [6.07, 6.45) is 6.83. The van der Waals surface area contributed by atoms with E-state index in [0.29, 0.717) is 31.7 Å². The molecule has 0 spiro atoms. The number of amides is 1. The minimum Gasteiger partial charge on any atom is -0.381 e. The minimum absolute atomic E-state index is 0.00846. The van der Waals surface area contributed by atoms with E-state index < -0.39 is 25.9 Å². The molecule has 0 aromatic carbocycles. The van der Waals surface area contributed by atoms with Gasteiger partial charge in [0.05, 0.1) is 11.2 Å². The Kier molecular flexibility index (Phi) is 5.83. The molecule has 0 aliphatic carbocycles. The highest BCUT2D eigenvalue weighted by molar-refractivity contribution is 7.93. The van der Waals surface area contributed by atoms with Crippen molar-refractivity contribution >= 4 is 21.6 Å². The van der Waals surface area contributed by atoms with E-state index >= 15 is 0 Å². The highest BCUT2D eigenvalue weighted by Crippen LogP contribution is 2.27. The summed E-state index contributed by atoms with van der Waals surface area (Å²) in [4.78, 5) is 12.6. The van der Waals surface area contributed by atoms with Crippen molar-refractivity contribution in [1.82, 2.24) is 5.16 Å². The van der Waals surface area contributed by atoms with Crippen LogP contribution in [-0.4, -0.2) is 43.2 Å². The molecule has 0 saturated carbocycles. The van der Waals surface area contributed by atoms with Gasteiger partial charge in [0.2, 0.25) is 11.8 Å². The Labute approximate surface area is 154 Å². The number of hydrogen-bond acceptors (Lipinski definition) is 6. The molecule has 0 atom stereocenters. The predicted octanol–water partition coefficient (Wildman–Crippen LogP) is 2.14. The van der Waals surface area contributed by atoms with Crippen molar-refractivity contribution in [2.45, 2.75) is 50.7 Å². The Hall–Kier alpha value is -1.85. The van der Waals surface area contributed by atoms with Gasteiger partial charge >= 0.3 is 0 Å². The highest BCUT2D eigenvalue weighted by atomic mass is 32.2. The molecule has 1 aliphatic rings. The van der Waals surface area contributed by atoms with Gasteiger partial charge in [0.1, 0.15) is 10.4 Å². The average Bonchev–Trinajstić information content (AvgIpc) is 3.04. The smallest absolute Gasteiger partial charge is 0.247 e. The molecule has 1 aromatic heterocycles. The lowest BCUT2D eigenvalue weighted by molar-refractivity contribution is -0.118. The molecule has 1 aromatic rings. The number of hydrogen-bond donors (Lipinski definition) is 1. The quantitative estimate of drug-likeness (QED) is 0.757. The Balaban J connectivity index is 2.10. The Bertz CT molecular complexity index is 796. The first-order valence-corrected chi connectivity index (χ1v) is 10.2. The van der Waals surface area contributed by atoms with Crippen LogP contribution in [0, 0.1) is 18.3 Å². The molecule has 2 rings (SSSR count). The molecule has 7 nitrogen and oxygen atoms in total. The van der Waals surface area contributed by atoms with E-state index in [4.69, 9.17) is 15.7 Å². The summed E-state index contributed by atoms with van der Waals surface area (Å²) in [7, 11) is -3.67. The van der Waals surface area contributed by atoms with Crippen LogP contribution >= 0.6 is 0 Å². The first-order valence-electron chi connectivity index (χ1n) is 8.56. The van der Waals surface area contributed by atoms with Crippen LogP contribution < -0.4 is 5.32 Å². The topological polar surface area (TPSA) is 98.5 Å². The van der Waals surface area contributed by atoms with Crippen molar-refractivity contribution in [1.29, 1.82) is 0 Å². The third kappa shape index (κ3) is 4.27. The summed E-state index contributed by atoms with van der Waals surface area (Å²) in [6.45, 7) is 7.49. The lowest BCUT2D eigenvalue weighted by Gasteiger charge is -2.28. The number of ether oxygens (including phenoxy) is 1. The van der Waals surface area contributed by atoms with E-state index in [9.17, 15) is 13.2 Å². The van der Waals surface area contributed by atoms with E-state index in [-0.39, 0.29) is 17.6 Å². The lowest BCUT2D eigenvalue weighted by Crippen LogP contribution is -2.47. The van der Waals surface area contributed by atoms with Gasteiger partial charge in [-0.15, -0.1) is 6.42 Å². The number of nitrogens with zero attached hydrogens (tertiary/aromatic N) is 1. The molecule has 0 bridgehead atoms. The largest absolute Gasteiger partial charge is 0.381 e. The van der Waals surface area contributed by atoms with Crippen LogP contribution in [0.4, 0.5) is 5.88 Å². The maximum absolute atomic E-state index is 12.8. The second-order valence-corrected chi connectivity index (χ2v) is 10.2. The molecule has 2 heterocycles. The molecule has 1 fully saturated rings. The fourth-order valence-electron chi connectivity index (χ4n) is 2.54. The number of sulfone groups is 1. The lowest BCUT2D eigenvalue weighted by atomic mass is 9.91. The molecular formula is C18H26N2O5S. The van der Waals surface area contributed by atoms with Crippen molar-refractivity contribution in [3.05, 3.63) is 11.8 Å². The Morgan fingerprint density at radius 2 is 1.96 bits per heavy atom. The Morgan fingerprint density at radius 3 is 2.54 bits per heavy atom. The van der Waals surface area contributed by atoms with Crippen LogP contribution in [0.15, 0.2) is 10.6 Å². The zero-order valence-electron chi connectivity index (χ0n) is 15.7. The van der Waals surface area contributed by atoms with Crippen molar-refractivity contribution < 1.29 is 22.5 Å². The van der Waals surface area contributed by atoms with Crippen LogP contribution in [0.1, 0.15) is 46.2 Å². The highest BCUT2D eigenvalue weighted by Gasteiger charge is 2.43. The number of terminal acetylenes is 1. The minimum atomic E-state index is -3.67. The number of rotatable bonds is 6. The monoisotopic (exact) mass is 382 g/mol. The maximum atomic E-state index is 12.8. The number of nitrogens with one attached hydrogen (secondary N) is 1. The van der Waals surface area contributed by atoms with Crippen molar-refractivity contribution in [2.75, 3.05) is 24.3 Å². The molecule has 1 saturated heterocycles. The van der Waals surface area contributed by atoms with Gasteiger partial charge in [-0.05, 0) is 46.5 Å². The van der Waals surface area contributed by atoms with Crippen molar-refractivity contribution in [2.24, 2.45) is 5.92 Å². The van der Waals surface area contributed by atoms with Gasteiger partial charge in [0.15, 0.2) is 9.84 Å². The fourth-order valence-corrected chi connectivity index (χ4v) is 4.24. The molecular weight excluding hydrogens is 356 g/mol. The van der Waals surface area contributed by atoms with Crippen LogP contribution in [0.5, 0.6) is 0 Å². The molecule has 0 unspecified atom stereocenters. The van der Waals surface area contributed by atoms with Crippen LogP contribution in [0.3, 0.4) is 0 Å². The van der Waals surface area contributed by atoms with Crippen LogP contribution in [0.25, 0.3) is 0 Å². The predicted molar refractivity (Wildman–Crippen MR) is 98.4 cm³/mol. The summed E-state index contributed by atoms with van der Waals surface area (Å²) in [5.41, 5.74) is -0.171. The van der Waals surface area contributed by atoms with Gasteiger partial charge in [-0.25, -0.2) is 8.42 Å². The van der Waals surface area contributed by atoms with E-state index in [1.165, 1.54) is 19.9 Å². The molecule has 1 aliphatic heterocycles. The first kappa shape index (κ1) is 20.5. The summed E-state index contributed by atoms with van der Waals surface area (Å²) in [5, 5.41) is 6.36. The van der Waals surface area contributed by atoms with Gasteiger partial charge in [-0.2, -0.15) is 0 Å². The van der Waals surface area contributed by atoms with E-state index in [0.717, 1.165) is 0 Å². The van der Waals surface area contributed by atoms with E-state index in [2.05, 4.69) is 16.4 Å². The molecule has 0 radical (unpaired) electrons. The van der Waals surface area contributed by atoms with Crippen LogP contribution in [0.2, 0.25) is 0 Å². The van der Waals surface area contributed by atoms with Gasteiger partial charge in [-0.1, -0.05) is 11.1 Å². The van der Waals surface area contributed by atoms with Crippen molar-refractivity contribution in [3.8, 4) is 12.3 Å². The third-order valence-corrected chi connectivity index (χ3v) is 7.52. The normalized spacial score (nSPS) is 16.9. The summed E-state index contributed by atoms with van der Waals surface area (Å²) < 4.78 is 34.3. The summed E-state index contributed by atoms with van der Waals surface area (Å²) >= 11 is 0. The molecule has 26 heavy (non-hydrogen) atoms. The average molecular weight is 382 g/mol. The second-order valence-electron chi connectivity index (χ2n) is 7.65. The van der Waals surface area contributed by atoms with Crippen molar-refractivity contribution in [3.63, 3.8) is 0 Å². The van der Waals surface area contributed by atoms with Gasteiger partial charge in [0, 0.05) is 19.3 Å². The first-order chi connectivity index (χ1) is 12.0. The summed E-state index contributed by atoms with van der Waals surface area (Å²) in [6, 6.07) is 1.51. The maximum Gasteiger partial charge on any atom is 0.247 e. The van der Waals surface area contributed by atoms with Crippen LogP contribution in [-0.2, 0) is 24.8 Å². The number of carbonyl (C=O) groups is 1. The molecule has 1 N–H and O–H groups in total. The van der Waals surface area contributed by atoms with Gasteiger partial charge < -0.3 is 9.26 Å². The molecule has 144 valence electrons. The Morgan fingerprint density at radius 1 is 1.35 bits per heavy atom. The molecule has 1 amide bonds. The van der Waals surface area contributed by atoms with Gasteiger partial charge in [-0.3, -0.25) is 10.1 Å².